The van der Waals surface area contributed by atoms with Crippen LogP contribution < -0.4 is 5.32 Å². The Labute approximate surface area is 129 Å². The highest BCUT2D eigenvalue weighted by Gasteiger charge is 2.33. The van der Waals surface area contributed by atoms with Crippen molar-refractivity contribution >= 4 is 21.6 Å². The molecule has 0 fully saturated rings. The molecule has 0 bridgehead atoms. The molecule has 1 aromatic heterocycles. The third-order valence-corrected chi connectivity index (χ3v) is 5.15. The van der Waals surface area contributed by atoms with Crippen molar-refractivity contribution in [2.24, 2.45) is 0 Å². The Kier molecular flexibility index (Phi) is 3.52. The van der Waals surface area contributed by atoms with Crippen LogP contribution in [-0.2, 0) is 26.1 Å². The fourth-order valence-electron chi connectivity index (χ4n) is 2.57. The molecule has 0 saturated heterocycles. The van der Waals surface area contributed by atoms with Gasteiger partial charge in [-0.2, -0.15) is 5.10 Å². The smallest absolute Gasteiger partial charge is 0.225 e. The lowest BCUT2D eigenvalue weighted by Crippen LogP contribution is -2.16. The van der Waals surface area contributed by atoms with Crippen LogP contribution in [0.1, 0.15) is 30.2 Å². The molecule has 116 valence electrons. The highest BCUT2D eigenvalue weighted by atomic mass is 32.2. The number of para-hydroxylation sites is 1. The van der Waals surface area contributed by atoms with Crippen LogP contribution in [0.25, 0.3) is 5.69 Å². The van der Waals surface area contributed by atoms with Crippen molar-refractivity contribution in [1.29, 1.82) is 0 Å². The van der Waals surface area contributed by atoms with Crippen LogP contribution in [0.2, 0.25) is 0 Å². The van der Waals surface area contributed by atoms with Crippen molar-refractivity contribution in [3.63, 3.8) is 0 Å². The summed E-state index contributed by atoms with van der Waals surface area (Å²) in [5, 5.41) is 7.23. The number of sulfone groups is 1. The Balaban J connectivity index is 2.16. The Morgan fingerprint density at radius 3 is 2.73 bits per heavy atom. The number of nitrogens with one attached hydrogen (secondary N) is 1. The number of benzene rings is 1. The second kappa shape index (κ2) is 5.24. The molecule has 0 spiro atoms. The maximum atomic E-state index is 11.8. The van der Waals surface area contributed by atoms with Crippen LogP contribution in [0.15, 0.2) is 24.3 Å². The minimum Gasteiger partial charge on any atom is -0.310 e. The molecule has 0 saturated carbocycles. The van der Waals surface area contributed by atoms with Gasteiger partial charge in [0.2, 0.25) is 5.91 Å². The zero-order valence-corrected chi connectivity index (χ0v) is 13.3. The average molecular weight is 319 g/mol. The van der Waals surface area contributed by atoms with Gasteiger partial charge in [0, 0.05) is 12.0 Å². The van der Waals surface area contributed by atoms with E-state index in [0.29, 0.717) is 23.5 Å². The maximum Gasteiger partial charge on any atom is 0.225 e. The summed E-state index contributed by atoms with van der Waals surface area (Å²) in [5.41, 5.74) is 2.96. The number of aromatic nitrogens is 2. The molecule has 0 aliphatic carbocycles. The number of hydrogen-bond donors (Lipinski definition) is 1. The number of rotatable bonds is 3. The third-order valence-electron chi connectivity index (χ3n) is 3.71. The lowest BCUT2D eigenvalue weighted by Gasteiger charge is -2.12. The van der Waals surface area contributed by atoms with Crippen LogP contribution in [0, 0.1) is 6.92 Å². The van der Waals surface area contributed by atoms with E-state index in [9.17, 15) is 13.2 Å². The van der Waals surface area contributed by atoms with E-state index in [4.69, 9.17) is 0 Å². The van der Waals surface area contributed by atoms with E-state index in [1.54, 1.807) is 11.6 Å². The van der Waals surface area contributed by atoms with Gasteiger partial charge in [0.25, 0.3) is 0 Å². The summed E-state index contributed by atoms with van der Waals surface area (Å²) in [5.74, 6) is 0.156. The van der Waals surface area contributed by atoms with E-state index < -0.39 is 9.84 Å². The summed E-state index contributed by atoms with van der Waals surface area (Å²) in [7, 11) is -3.16. The molecule has 1 N–H and O–H groups in total. The van der Waals surface area contributed by atoms with Crippen LogP contribution in [0.4, 0.5) is 5.82 Å². The monoisotopic (exact) mass is 319 g/mol. The van der Waals surface area contributed by atoms with E-state index >= 15 is 0 Å². The number of carbonyl (C=O) groups excluding carboxylic acids is 1. The van der Waals surface area contributed by atoms with Crippen molar-refractivity contribution in [1.82, 2.24) is 9.78 Å². The molecule has 1 aliphatic heterocycles. The van der Waals surface area contributed by atoms with Crippen molar-refractivity contribution in [2.45, 2.75) is 31.8 Å². The van der Waals surface area contributed by atoms with Gasteiger partial charge in [0.05, 0.1) is 22.9 Å². The lowest BCUT2D eigenvalue weighted by atomic mass is 10.2. The lowest BCUT2D eigenvalue weighted by molar-refractivity contribution is -0.115. The Bertz CT molecular complexity index is 853. The number of aryl methyl sites for hydroxylation is 1. The van der Waals surface area contributed by atoms with Crippen molar-refractivity contribution in [2.75, 3.05) is 5.32 Å². The fourth-order valence-corrected chi connectivity index (χ4v) is 4.06. The van der Waals surface area contributed by atoms with E-state index in [1.165, 1.54) is 0 Å². The first-order valence-electron chi connectivity index (χ1n) is 7.08. The van der Waals surface area contributed by atoms with Gasteiger partial charge < -0.3 is 5.32 Å². The predicted octanol–water partition coefficient (Wildman–Crippen LogP) is 1.96. The highest BCUT2D eigenvalue weighted by Crippen LogP contribution is 2.33. The van der Waals surface area contributed by atoms with Crippen molar-refractivity contribution < 1.29 is 13.2 Å². The Morgan fingerprint density at radius 1 is 1.32 bits per heavy atom. The van der Waals surface area contributed by atoms with Gasteiger partial charge in [-0.05, 0) is 18.6 Å². The first-order valence-corrected chi connectivity index (χ1v) is 8.90. The zero-order chi connectivity index (χ0) is 15.9. The van der Waals surface area contributed by atoms with Gasteiger partial charge in [-0.15, -0.1) is 0 Å². The molecule has 6 nitrogen and oxygen atoms in total. The summed E-state index contributed by atoms with van der Waals surface area (Å²) in [6.07, 6.45) is 0.320. The fraction of sp³-hybridized carbons (Fsp3) is 0.333. The molecule has 2 heterocycles. The van der Waals surface area contributed by atoms with E-state index in [0.717, 1.165) is 11.3 Å². The van der Waals surface area contributed by atoms with Gasteiger partial charge >= 0.3 is 0 Å². The topological polar surface area (TPSA) is 81.1 Å². The Hall–Kier alpha value is -2.15. The first-order chi connectivity index (χ1) is 10.4. The number of amides is 1. The number of hydrogen-bond acceptors (Lipinski definition) is 4. The summed E-state index contributed by atoms with van der Waals surface area (Å²) < 4.78 is 25.3. The molecule has 3 rings (SSSR count). The molecule has 1 amide bonds. The zero-order valence-electron chi connectivity index (χ0n) is 12.5. The van der Waals surface area contributed by atoms with Gasteiger partial charge in [-0.3, -0.25) is 4.79 Å². The molecule has 2 aromatic rings. The van der Waals surface area contributed by atoms with Crippen LogP contribution in [-0.4, -0.2) is 24.1 Å². The second-order valence-corrected chi connectivity index (χ2v) is 7.47. The number of fused-ring (bicyclic) bond motifs is 1. The molecule has 0 atom stereocenters. The van der Waals surface area contributed by atoms with Crippen LogP contribution >= 0.6 is 0 Å². The summed E-state index contributed by atoms with van der Waals surface area (Å²) >= 11 is 0. The Morgan fingerprint density at radius 2 is 2.05 bits per heavy atom. The number of nitrogens with zero attached hydrogens (tertiary/aromatic N) is 2. The first kappa shape index (κ1) is 14.8. The van der Waals surface area contributed by atoms with Gasteiger partial charge in [0.1, 0.15) is 5.82 Å². The van der Waals surface area contributed by atoms with Crippen LogP contribution in [0.3, 0.4) is 0 Å². The van der Waals surface area contributed by atoms with Crippen LogP contribution in [0.5, 0.6) is 0 Å². The molecule has 7 heteroatoms. The largest absolute Gasteiger partial charge is 0.310 e. The van der Waals surface area contributed by atoms with E-state index in [-0.39, 0.29) is 17.4 Å². The third kappa shape index (κ3) is 2.52. The minimum absolute atomic E-state index is 0.0732. The normalized spacial score (nSPS) is 15.5. The highest BCUT2D eigenvalue weighted by molar-refractivity contribution is 7.90. The van der Waals surface area contributed by atoms with E-state index in [2.05, 4.69) is 10.4 Å². The summed E-state index contributed by atoms with van der Waals surface area (Å²) in [4.78, 5) is 11.8. The molecule has 22 heavy (non-hydrogen) atoms. The van der Waals surface area contributed by atoms with Gasteiger partial charge in [-0.1, -0.05) is 25.1 Å². The second-order valence-electron chi connectivity index (χ2n) is 5.41. The maximum absolute atomic E-state index is 11.8. The molecule has 0 radical (unpaired) electrons. The van der Waals surface area contributed by atoms with Crippen molar-refractivity contribution in [3.05, 3.63) is 41.1 Å². The number of anilines is 1. The number of carbonyl (C=O) groups is 1. The molecule has 1 aliphatic rings. The van der Waals surface area contributed by atoms with Gasteiger partial charge in [0.15, 0.2) is 9.84 Å². The molecule has 0 unspecified atom stereocenters. The quantitative estimate of drug-likeness (QED) is 0.937. The average Bonchev–Trinajstić information content (AvgIpc) is 2.92. The summed E-state index contributed by atoms with van der Waals surface area (Å²) in [6.45, 7) is 3.70. The minimum atomic E-state index is -3.16. The van der Waals surface area contributed by atoms with Crippen molar-refractivity contribution in [3.8, 4) is 5.69 Å². The molecule has 1 aromatic carbocycles. The van der Waals surface area contributed by atoms with Gasteiger partial charge in [-0.25, -0.2) is 13.1 Å². The standard InChI is InChI=1S/C15H17N3O3S/c1-3-14(19)16-15-11-8-22(20,21)9-12(11)17-18(15)13-7-5-4-6-10(13)2/h4-7H,3,8-9H2,1-2H3,(H,16,19). The van der Waals surface area contributed by atoms with E-state index in [1.807, 2.05) is 31.2 Å². The summed E-state index contributed by atoms with van der Waals surface area (Å²) in [6, 6.07) is 7.65. The molecular weight excluding hydrogens is 302 g/mol. The molecular formula is C15H17N3O3S. The SMILES string of the molecule is CCC(=O)Nc1c2c(nn1-c1ccccc1C)CS(=O)(=O)C2. The predicted molar refractivity (Wildman–Crippen MR) is 83.5 cm³/mol.